The third-order valence-corrected chi connectivity index (χ3v) is 4.64. The van der Waals surface area contributed by atoms with E-state index in [1.807, 2.05) is 49.4 Å². The van der Waals surface area contributed by atoms with Gasteiger partial charge in [-0.1, -0.05) is 18.2 Å². The number of H-pyrrole nitrogens is 1. The Bertz CT molecular complexity index is 1040. The van der Waals surface area contributed by atoms with E-state index in [9.17, 15) is 9.59 Å². The second kappa shape index (κ2) is 9.69. The van der Waals surface area contributed by atoms with Gasteiger partial charge in [-0.05, 0) is 43.2 Å². The fourth-order valence-electron chi connectivity index (χ4n) is 3.05. The van der Waals surface area contributed by atoms with Crippen molar-refractivity contribution in [1.29, 1.82) is 0 Å². The molecule has 1 aromatic carbocycles. The van der Waals surface area contributed by atoms with Gasteiger partial charge in [0.25, 0.3) is 5.91 Å². The van der Waals surface area contributed by atoms with Crippen molar-refractivity contribution in [2.45, 2.75) is 13.3 Å². The van der Waals surface area contributed by atoms with Crippen LogP contribution >= 0.6 is 0 Å². The smallest absolute Gasteiger partial charge is 0.316 e. The zero-order valence-electron chi connectivity index (χ0n) is 17.4. The van der Waals surface area contributed by atoms with Crippen LogP contribution in [0.3, 0.4) is 0 Å². The van der Waals surface area contributed by atoms with Gasteiger partial charge in [0, 0.05) is 50.5 Å². The number of aromatic nitrogens is 3. The first-order valence-electron chi connectivity index (χ1n) is 9.77. The topological polar surface area (TPSA) is 94.2 Å². The number of anilines is 1. The van der Waals surface area contributed by atoms with Crippen molar-refractivity contribution >= 4 is 34.2 Å². The molecular weight excluding hydrogens is 380 g/mol. The SMILES string of the molecule is C/C(=C\C(=O)N(CCCNC(=O)N(C)C)c1ccccc1)c1[nH]nc2ncccc12. The lowest BCUT2D eigenvalue weighted by Crippen LogP contribution is -2.37. The minimum atomic E-state index is -0.150. The number of nitrogens with zero attached hydrogens (tertiary/aromatic N) is 4. The van der Waals surface area contributed by atoms with Gasteiger partial charge in [-0.3, -0.25) is 9.89 Å². The highest BCUT2D eigenvalue weighted by molar-refractivity contribution is 6.06. The molecule has 8 heteroatoms. The first-order chi connectivity index (χ1) is 14.5. The largest absolute Gasteiger partial charge is 0.338 e. The lowest BCUT2D eigenvalue weighted by Gasteiger charge is -2.22. The molecule has 8 nitrogen and oxygen atoms in total. The van der Waals surface area contributed by atoms with Crippen LogP contribution in [0, 0.1) is 0 Å². The Morgan fingerprint density at radius 2 is 1.90 bits per heavy atom. The first kappa shape index (κ1) is 21.0. The second-order valence-electron chi connectivity index (χ2n) is 7.11. The van der Waals surface area contributed by atoms with Crippen LogP contribution in [0.1, 0.15) is 19.0 Å². The summed E-state index contributed by atoms with van der Waals surface area (Å²) in [5, 5.41) is 10.9. The number of carbonyl (C=O) groups is 2. The van der Waals surface area contributed by atoms with E-state index in [1.54, 1.807) is 31.3 Å². The maximum Gasteiger partial charge on any atom is 0.316 e. The van der Waals surface area contributed by atoms with Crippen LogP contribution in [-0.4, -0.2) is 59.2 Å². The molecule has 0 aliphatic heterocycles. The zero-order chi connectivity index (χ0) is 21.5. The molecule has 0 spiro atoms. The number of aromatic amines is 1. The molecule has 0 bridgehead atoms. The van der Waals surface area contributed by atoms with E-state index < -0.39 is 0 Å². The summed E-state index contributed by atoms with van der Waals surface area (Å²) in [4.78, 5) is 32.2. The van der Waals surface area contributed by atoms with Crippen LogP contribution in [0.15, 0.2) is 54.7 Å². The Morgan fingerprint density at radius 1 is 1.13 bits per heavy atom. The molecular formula is C22H26N6O2. The van der Waals surface area contributed by atoms with Gasteiger partial charge in [0.1, 0.15) is 0 Å². The lowest BCUT2D eigenvalue weighted by atomic mass is 10.1. The monoisotopic (exact) mass is 406 g/mol. The highest BCUT2D eigenvalue weighted by atomic mass is 16.2. The van der Waals surface area contributed by atoms with E-state index in [-0.39, 0.29) is 11.9 Å². The molecule has 0 saturated carbocycles. The fraction of sp³-hybridized carbons (Fsp3) is 0.273. The van der Waals surface area contributed by atoms with Crippen molar-refractivity contribution in [3.63, 3.8) is 0 Å². The molecule has 0 atom stereocenters. The van der Waals surface area contributed by atoms with Crippen molar-refractivity contribution in [2.24, 2.45) is 0 Å². The number of para-hydroxylation sites is 1. The Morgan fingerprint density at radius 3 is 2.63 bits per heavy atom. The third kappa shape index (κ3) is 5.02. The summed E-state index contributed by atoms with van der Waals surface area (Å²) in [5.41, 5.74) is 2.97. The van der Waals surface area contributed by atoms with Crippen molar-refractivity contribution in [3.05, 3.63) is 60.4 Å². The van der Waals surface area contributed by atoms with Gasteiger partial charge in [0.2, 0.25) is 0 Å². The van der Waals surface area contributed by atoms with E-state index in [0.717, 1.165) is 22.3 Å². The lowest BCUT2D eigenvalue weighted by molar-refractivity contribution is -0.114. The summed E-state index contributed by atoms with van der Waals surface area (Å²) in [6.45, 7) is 2.83. The highest BCUT2D eigenvalue weighted by Crippen LogP contribution is 2.22. The van der Waals surface area contributed by atoms with Crippen LogP contribution in [0.2, 0.25) is 0 Å². The number of fused-ring (bicyclic) bond motifs is 1. The van der Waals surface area contributed by atoms with Crippen LogP contribution in [-0.2, 0) is 4.79 Å². The molecule has 0 aliphatic rings. The van der Waals surface area contributed by atoms with Gasteiger partial charge >= 0.3 is 6.03 Å². The number of hydrogen-bond acceptors (Lipinski definition) is 4. The standard InChI is InChI=1S/C22H26N6O2/c1-16(20-18-11-7-12-23-21(18)26-25-20)15-19(29)28(17-9-5-4-6-10-17)14-8-13-24-22(30)27(2)3/h4-7,9-12,15H,8,13-14H2,1-3H3,(H,24,30)(H,23,25,26)/b16-15+. The van der Waals surface area contributed by atoms with E-state index >= 15 is 0 Å². The van der Waals surface area contributed by atoms with E-state index in [1.165, 1.54) is 4.90 Å². The third-order valence-electron chi connectivity index (χ3n) is 4.64. The molecule has 3 amide bonds. The second-order valence-corrected chi connectivity index (χ2v) is 7.11. The summed E-state index contributed by atoms with van der Waals surface area (Å²) in [7, 11) is 3.38. The Labute approximate surface area is 175 Å². The quantitative estimate of drug-likeness (QED) is 0.466. The molecule has 0 unspecified atom stereocenters. The average Bonchev–Trinajstić information content (AvgIpc) is 3.18. The van der Waals surface area contributed by atoms with Crippen molar-refractivity contribution < 1.29 is 9.59 Å². The molecule has 0 aliphatic carbocycles. The predicted molar refractivity (Wildman–Crippen MR) is 118 cm³/mol. The molecule has 30 heavy (non-hydrogen) atoms. The number of allylic oxidation sites excluding steroid dienone is 1. The van der Waals surface area contributed by atoms with Crippen LogP contribution < -0.4 is 10.2 Å². The Balaban J connectivity index is 1.76. The summed E-state index contributed by atoms with van der Waals surface area (Å²) >= 11 is 0. The normalized spacial score (nSPS) is 11.4. The van der Waals surface area contributed by atoms with Gasteiger partial charge in [-0.25, -0.2) is 9.78 Å². The summed E-state index contributed by atoms with van der Waals surface area (Å²) in [5.74, 6) is -0.135. The maximum absolute atomic E-state index is 13.1. The van der Waals surface area contributed by atoms with Crippen molar-refractivity contribution in [1.82, 2.24) is 25.4 Å². The maximum atomic E-state index is 13.1. The number of nitrogens with one attached hydrogen (secondary N) is 2. The number of carbonyl (C=O) groups excluding carboxylic acids is 2. The molecule has 0 radical (unpaired) electrons. The van der Waals surface area contributed by atoms with Gasteiger partial charge in [-0.15, -0.1) is 0 Å². The molecule has 2 N–H and O–H groups in total. The molecule has 0 fully saturated rings. The zero-order valence-corrected chi connectivity index (χ0v) is 17.4. The number of pyridine rings is 1. The number of hydrogen-bond donors (Lipinski definition) is 2. The average molecular weight is 406 g/mol. The predicted octanol–water partition coefficient (Wildman–Crippen LogP) is 3.06. The molecule has 3 rings (SSSR count). The van der Waals surface area contributed by atoms with Gasteiger partial charge in [-0.2, -0.15) is 5.10 Å². The molecule has 3 aromatic rings. The van der Waals surface area contributed by atoms with E-state index in [0.29, 0.717) is 25.2 Å². The minimum absolute atomic E-state index is 0.135. The van der Waals surface area contributed by atoms with Gasteiger partial charge in [0.05, 0.1) is 5.69 Å². The number of amides is 3. The Kier molecular flexibility index (Phi) is 6.79. The minimum Gasteiger partial charge on any atom is -0.338 e. The number of rotatable bonds is 7. The summed E-state index contributed by atoms with van der Waals surface area (Å²) < 4.78 is 0. The number of urea groups is 1. The van der Waals surface area contributed by atoms with Gasteiger partial charge in [0.15, 0.2) is 5.65 Å². The van der Waals surface area contributed by atoms with Crippen LogP contribution in [0.5, 0.6) is 0 Å². The molecule has 156 valence electrons. The summed E-state index contributed by atoms with van der Waals surface area (Å²) in [6, 6.07) is 13.1. The van der Waals surface area contributed by atoms with Crippen molar-refractivity contribution in [2.75, 3.05) is 32.1 Å². The van der Waals surface area contributed by atoms with E-state index in [2.05, 4.69) is 20.5 Å². The van der Waals surface area contributed by atoms with Crippen LogP contribution in [0.4, 0.5) is 10.5 Å². The number of benzene rings is 1. The van der Waals surface area contributed by atoms with Crippen molar-refractivity contribution in [3.8, 4) is 0 Å². The van der Waals surface area contributed by atoms with E-state index in [4.69, 9.17) is 0 Å². The molecule has 0 saturated heterocycles. The molecule has 2 aromatic heterocycles. The summed E-state index contributed by atoms with van der Waals surface area (Å²) in [6.07, 6.45) is 3.92. The fourth-order valence-corrected chi connectivity index (χ4v) is 3.05. The highest BCUT2D eigenvalue weighted by Gasteiger charge is 2.16. The molecule has 2 heterocycles. The first-order valence-corrected chi connectivity index (χ1v) is 9.77. The van der Waals surface area contributed by atoms with Gasteiger partial charge < -0.3 is 15.1 Å². The van der Waals surface area contributed by atoms with Crippen LogP contribution in [0.25, 0.3) is 16.6 Å². The Hall–Kier alpha value is -3.68.